The fourth-order valence-electron chi connectivity index (χ4n) is 5.61. The van der Waals surface area contributed by atoms with E-state index >= 15 is 0 Å². The molecule has 1 N–H and O–H groups in total. The average molecular weight is 526 g/mol. The smallest absolute Gasteiger partial charge is 0.329 e. The van der Waals surface area contributed by atoms with Gasteiger partial charge in [0.05, 0.1) is 29.6 Å². The SMILES string of the molecule is CCCc1c(Cc2ccc(-c3ccccc3C#N)cc2)c(=O)n([C@H]2CC[C@H](OCC(=O)O)CC2)c2cnnn12. The van der Waals surface area contributed by atoms with Crippen molar-refractivity contribution in [2.24, 2.45) is 0 Å². The number of fused-ring (bicyclic) bond motifs is 1. The van der Waals surface area contributed by atoms with Gasteiger partial charge in [-0.25, -0.2) is 9.31 Å². The maximum Gasteiger partial charge on any atom is 0.329 e. The van der Waals surface area contributed by atoms with Crippen molar-refractivity contribution in [2.45, 2.75) is 64.0 Å². The zero-order valence-electron chi connectivity index (χ0n) is 21.9. The van der Waals surface area contributed by atoms with E-state index < -0.39 is 5.97 Å². The van der Waals surface area contributed by atoms with Crippen molar-refractivity contribution in [2.75, 3.05) is 6.61 Å². The van der Waals surface area contributed by atoms with E-state index in [9.17, 15) is 14.9 Å². The lowest BCUT2D eigenvalue weighted by Gasteiger charge is -2.30. The largest absolute Gasteiger partial charge is 0.480 e. The van der Waals surface area contributed by atoms with E-state index in [4.69, 9.17) is 9.84 Å². The molecule has 9 nitrogen and oxygen atoms in total. The van der Waals surface area contributed by atoms with Crippen molar-refractivity contribution in [3.63, 3.8) is 0 Å². The number of hydrogen-bond acceptors (Lipinski definition) is 6. The highest BCUT2D eigenvalue weighted by molar-refractivity contribution is 5.70. The Balaban J connectivity index is 1.47. The van der Waals surface area contributed by atoms with Gasteiger partial charge in [-0.2, -0.15) is 5.26 Å². The minimum atomic E-state index is -0.973. The first-order valence-corrected chi connectivity index (χ1v) is 13.4. The first-order chi connectivity index (χ1) is 19.0. The van der Waals surface area contributed by atoms with Gasteiger partial charge in [-0.1, -0.05) is 61.0 Å². The van der Waals surface area contributed by atoms with Crippen molar-refractivity contribution in [3.05, 3.63) is 87.5 Å². The van der Waals surface area contributed by atoms with Crippen molar-refractivity contribution in [1.82, 2.24) is 19.4 Å². The summed E-state index contributed by atoms with van der Waals surface area (Å²) < 4.78 is 9.15. The molecule has 2 heterocycles. The van der Waals surface area contributed by atoms with Gasteiger partial charge in [-0.3, -0.25) is 9.36 Å². The van der Waals surface area contributed by atoms with Crippen molar-refractivity contribution < 1.29 is 14.6 Å². The Morgan fingerprint density at radius 1 is 1.13 bits per heavy atom. The fraction of sp³-hybridized carbons (Fsp3) is 0.367. The molecule has 200 valence electrons. The number of rotatable bonds is 9. The number of hydrogen-bond donors (Lipinski definition) is 1. The summed E-state index contributed by atoms with van der Waals surface area (Å²) in [6.07, 6.45) is 6.37. The number of nitriles is 1. The highest BCUT2D eigenvalue weighted by Crippen LogP contribution is 2.31. The Morgan fingerprint density at radius 2 is 1.87 bits per heavy atom. The number of carbonyl (C=O) groups is 1. The van der Waals surface area contributed by atoms with Crippen LogP contribution in [0.3, 0.4) is 0 Å². The molecule has 0 bridgehead atoms. The van der Waals surface area contributed by atoms with E-state index in [0.29, 0.717) is 55.3 Å². The molecule has 0 atom stereocenters. The predicted molar refractivity (Wildman–Crippen MR) is 146 cm³/mol. The quantitative estimate of drug-likeness (QED) is 0.340. The first-order valence-electron chi connectivity index (χ1n) is 13.4. The summed E-state index contributed by atoms with van der Waals surface area (Å²) in [6.45, 7) is 1.78. The topological polar surface area (TPSA) is 123 Å². The Hall–Kier alpha value is -4.29. The van der Waals surface area contributed by atoms with Crippen LogP contribution in [0.1, 0.15) is 67.5 Å². The second-order valence-corrected chi connectivity index (χ2v) is 10.0. The molecule has 0 spiro atoms. The molecular formula is C30H31N5O4. The number of aliphatic carboxylic acids is 1. The third kappa shape index (κ3) is 5.47. The third-order valence-electron chi connectivity index (χ3n) is 7.49. The predicted octanol–water partition coefficient (Wildman–Crippen LogP) is 4.56. The molecule has 1 aliphatic carbocycles. The van der Waals surface area contributed by atoms with Gasteiger partial charge in [0.25, 0.3) is 5.56 Å². The van der Waals surface area contributed by atoms with Gasteiger partial charge in [-0.05, 0) is 54.9 Å². The van der Waals surface area contributed by atoms with Gasteiger partial charge < -0.3 is 9.84 Å². The molecule has 2 aromatic heterocycles. The van der Waals surface area contributed by atoms with Crippen LogP contribution >= 0.6 is 0 Å². The molecule has 4 aromatic rings. The Bertz CT molecular complexity index is 1570. The molecule has 2 aromatic carbocycles. The molecule has 39 heavy (non-hydrogen) atoms. The van der Waals surface area contributed by atoms with E-state index in [0.717, 1.165) is 28.8 Å². The molecule has 0 aliphatic heterocycles. The van der Waals surface area contributed by atoms with Crippen LogP contribution in [0.4, 0.5) is 0 Å². The number of nitrogens with zero attached hydrogens (tertiary/aromatic N) is 5. The highest BCUT2D eigenvalue weighted by Gasteiger charge is 2.28. The normalized spacial score (nSPS) is 17.2. The number of aromatic nitrogens is 4. The van der Waals surface area contributed by atoms with Crippen LogP contribution < -0.4 is 5.56 Å². The van der Waals surface area contributed by atoms with Crippen LogP contribution in [-0.4, -0.2) is 43.2 Å². The van der Waals surface area contributed by atoms with Gasteiger partial charge in [0.2, 0.25) is 0 Å². The molecule has 1 fully saturated rings. The Labute approximate surface area is 226 Å². The minimum absolute atomic E-state index is 0.0259. The molecule has 9 heteroatoms. The summed E-state index contributed by atoms with van der Waals surface area (Å²) in [5.41, 5.74) is 5.71. The monoisotopic (exact) mass is 525 g/mol. The maximum absolute atomic E-state index is 14.1. The average Bonchev–Trinajstić information content (AvgIpc) is 3.44. The zero-order chi connectivity index (χ0) is 27.4. The number of benzene rings is 2. The van der Waals surface area contributed by atoms with Crippen LogP contribution in [0.5, 0.6) is 0 Å². The third-order valence-corrected chi connectivity index (χ3v) is 7.49. The number of ether oxygens (including phenoxy) is 1. The summed E-state index contributed by atoms with van der Waals surface area (Å²) in [7, 11) is 0. The summed E-state index contributed by atoms with van der Waals surface area (Å²) >= 11 is 0. The van der Waals surface area contributed by atoms with E-state index in [-0.39, 0.29) is 24.3 Å². The Morgan fingerprint density at radius 3 is 2.56 bits per heavy atom. The molecule has 0 amide bonds. The van der Waals surface area contributed by atoms with E-state index in [1.165, 1.54) is 0 Å². The molecule has 0 saturated heterocycles. The van der Waals surface area contributed by atoms with Gasteiger partial charge in [-0.15, -0.1) is 5.10 Å². The summed E-state index contributed by atoms with van der Waals surface area (Å²) in [4.78, 5) is 25.0. The standard InChI is InChI=1S/C30H31N5O4/c1-2-5-27-26(16-20-8-10-21(11-9-20)25-7-4-3-6-22(25)17-31)30(38)34(28-18-32-33-35(27)28)23-12-14-24(15-13-23)39-19-29(36)37/h3-4,6-11,18,23-24H,2,5,12-16,19H2,1H3,(H,36,37)/t23-,24-. The first kappa shape index (κ1) is 26.3. The van der Waals surface area contributed by atoms with Crippen molar-refractivity contribution >= 4 is 11.6 Å². The lowest BCUT2D eigenvalue weighted by molar-refractivity contribution is -0.145. The lowest BCUT2D eigenvalue weighted by atomic mass is 9.92. The van der Waals surface area contributed by atoms with Gasteiger partial charge in [0.15, 0.2) is 5.65 Å². The van der Waals surface area contributed by atoms with Crippen molar-refractivity contribution in [3.8, 4) is 17.2 Å². The van der Waals surface area contributed by atoms with Crippen LogP contribution in [0, 0.1) is 11.3 Å². The summed E-state index contributed by atoms with van der Waals surface area (Å²) in [6, 6.07) is 17.7. The van der Waals surface area contributed by atoms with E-state index in [1.54, 1.807) is 6.20 Å². The minimum Gasteiger partial charge on any atom is -0.480 e. The molecule has 1 aliphatic rings. The second-order valence-electron chi connectivity index (χ2n) is 10.0. The summed E-state index contributed by atoms with van der Waals surface area (Å²) in [5, 5.41) is 26.9. The summed E-state index contributed by atoms with van der Waals surface area (Å²) in [5.74, 6) is -0.973. The van der Waals surface area contributed by atoms with Gasteiger partial charge >= 0.3 is 5.97 Å². The van der Waals surface area contributed by atoms with Crippen LogP contribution in [-0.2, 0) is 22.4 Å². The van der Waals surface area contributed by atoms with Crippen LogP contribution in [0.25, 0.3) is 16.8 Å². The molecular weight excluding hydrogens is 494 g/mol. The molecule has 5 rings (SSSR count). The number of carboxylic acid groups (broad SMARTS) is 1. The number of carboxylic acids is 1. The highest BCUT2D eigenvalue weighted by atomic mass is 16.5. The maximum atomic E-state index is 14.1. The molecule has 0 radical (unpaired) electrons. The Kier molecular flexibility index (Phi) is 7.84. The van der Waals surface area contributed by atoms with Crippen molar-refractivity contribution in [1.29, 1.82) is 5.26 Å². The molecule has 1 saturated carbocycles. The van der Waals surface area contributed by atoms with Gasteiger partial charge in [0, 0.05) is 18.0 Å². The van der Waals surface area contributed by atoms with Crippen LogP contribution in [0.15, 0.2) is 59.5 Å². The fourth-order valence-corrected chi connectivity index (χ4v) is 5.61. The lowest BCUT2D eigenvalue weighted by Crippen LogP contribution is -2.35. The molecule has 0 unspecified atom stereocenters. The van der Waals surface area contributed by atoms with Crippen LogP contribution in [0.2, 0.25) is 0 Å². The number of aryl methyl sites for hydroxylation is 1. The van der Waals surface area contributed by atoms with Gasteiger partial charge in [0.1, 0.15) is 6.61 Å². The zero-order valence-corrected chi connectivity index (χ0v) is 21.9. The second kappa shape index (κ2) is 11.6. The van der Waals surface area contributed by atoms with E-state index in [2.05, 4.69) is 23.3 Å². The van der Waals surface area contributed by atoms with E-state index in [1.807, 2.05) is 57.6 Å².